The molecule has 0 aromatic heterocycles. The monoisotopic (exact) mass is 514 g/mol. The van der Waals surface area contributed by atoms with Gasteiger partial charge in [0, 0.05) is 6.54 Å². The number of carbonyl (C=O) groups excluding carboxylic acids is 1. The van der Waals surface area contributed by atoms with Crippen LogP contribution in [0.3, 0.4) is 0 Å². The van der Waals surface area contributed by atoms with Crippen molar-refractivity contribution < 1.29 is 22.7 Å². The summed E-state index contributed by atoms with van der Waals surface area (Å²) in [4.78, 5) is 14.8. The fourth-order valence-electron chi connectivity index (χ4n) is 3.29. The van der Waals surface area contributed by atoms with Gasteiger partial charge in [0.15, 0.2) is 16.7 Å². The van der Waals surface area contributed by atoms with E-state index in [-0.39, 0.29) is 22.5 Å². The number of ether oxygens (including phenoxy) is 2. The molecule has 3 rings (SSSR count). The Morgan fingerprint density at radius 2 is 1.86 bits per heavy atom. The number of methoxy groups -OCH3 is 1. The summed E-state index contributed by atoms with van der Waals surface area (Å²) >= 11 is 1.02. The molecule has 35 heavy (non-hydrogen) atoms. The van der Waals surface area contributed by atoms with Gasteiger partial charge in [0.2, 0.25) is 0 Å². The smallest absolute Gasteiger partial charge is 0.284 e. The van der Waals surface area contributed by atoms with Gasteiger partial charge in [-0.25, -0.2) is 0 Å². The Hall–Kier alpha value is -3.04. The molecular formula is C26H30N2O5S2. The number of rotatable bonds is 11. The molecule has 1 amide bonds. The highest BCUT2D eigenvalue weighted by Gasteiger charge is 2.34. The molecule has 1 aliphatic heterocycles. The van der Waals surface area contributed by atoms with Crippen molar-refractivity contribution in [3.8, 4) is 11.5 Å². The van der Waals surface area contributed by atoms with Crippen LogP contribution in [-0.4, -0.2) is 44.7 Å². The maximum atomic E-state index is 13.1. The van der Waals surface area contributed by atoms with Crippen LogP contribution in [0.1, 0.15) is 37.8 Å². The maximum Gasteiger partial charge on any atom is 0.284 e. The van der Waals surface area contributed by atoms with E-state index in [1.165, 1.54) is 23.1 Å². The lowest BCUT2D eigenvalue weighted by Gasteiger charge is -2.12. The highest BCUT2D eigenvalue weighted by molar-refractivity contribution is 8.19. The van der Waals surface area contributed by atoms with E-state index in [9.17, 15) is 13.2 Å². The van der Waals surface area contributed by atoms with Gasteiger partial charge in [0.25, 0.3) is 15.9 Å². The van der Waals surface area contributed by atoms with Crippen LogP contribution in [0.4, 0.5) is 0 Å². The number of hydrogen-bond acceptors (Lipinski definition) is 6. The molecule has 1 aliphatic rings. The van der Waals surface area contributed by atoms with Gasteiger partial charge < -0.3 is 9.47 Å². The number of aryl methyl sites for hydroxylation is 1. The quantitative estimate of drug-likeness (QED) is 0.230. The largest absolute Gasteiger partial charge is 0.493 e. The lowest BCUT2D eigenvalue weighted by Crippen LogP contribution is -2.29. The Morgan fingerprint density at radius 3 is 2.49 bits per heavy atom. The van der Waals surface area contributed by atoms with Crippen LogP contribution >= 0.6 is 11.8 Å². The summed E-state index contributed by atoms with van der Waals surface area (Å²) in [5.74, 6) is 0.847. The first-order valence-corrected chi connectivity index (χ1v) is 13.7. The number of unbranched alkanes of at least 4 members (excludes halogenated alkanes) is 1. The van der Waals surface area contributed by atoms with E-state index in [0.717, 1.165) is 42.2 Å². The third-order valence-electron chi connectivity index (χ3n) is 5.27. The Balaban J connectivity index is 1.93. The molecule has 0 N–H and O–H groups in total. The van der Waals surface area contributed by atoms with Crippen molar-refractivity contribution in [1.82, 2.24) is 4.90 Å². The number of carbonyl (C=O) groups is 1. The van der Waals surface area contributed by atoms with Gasteiger partial charge in [-0.15, -0.1) is 11.0 Å². The molecule has 1 fully saturated rings. The minimum absolute atomic E-state index is 0.0789. The summed E-state index contributed by atoms with van der Waals surface area (Å²) in [6.07, 6.45) is 5.95. The van der Waals surface area contributed by atoms with Crippen molar-refractivity contribution in [2.24, 2.45) is 4.40 Å². The summed E-state index contributed by atoms with van der Waals surface area (Å²) in [6, 6.07) is 12.0. The number of benzene rings is 2. The molecule has 0 atom stereocenters. The van der Waals surface area contributed by atoms with E-state index in [1.807, 2.05) is 13.0 Å². The SMILES string of the molecule is C=CCN1C(=O)C(=Cc2ccc(OC)c(OCCCC)c2)SC1=NS(=O)(=O)c1ccc(CC)cc1. The molecule has 9 heteroatoms. The topological polar surface area (TPSA) is 85.3 Å². The van der Waals surface area contributed by atoms with Crippen LogP contribution in [0.5, 0.6) is 11.5 Å². The Morgan fingerprint density at radius 1 is 1.11 bits per heavy atom. The fourth-order valence-corrected chi connectivity index (χ4v) is 5.48. The van der Waals surface area contributed by atoms with Crippen LogP contribution in [0.15, 0.2) is 69.3 Å². The highest BCUT2D eigenvalue weighted by Crippen LogP contribution is 2.35. The van der Waals surface area contributed by atoms with Crippen LogP contribution < -0.4 is 9.47 Å². The van der Waals surface area contributed by atoms with Crippen molar-refractivity contribution in [1.29, 1.82) is 0 Å². The first-order chi connectivity index (χ1) is 16.8. The summed E-state index contributed by atoms with van der Waals surface area (Å²) in [7, 11) is -2.42. The van der Waals surface area contributed by atoms with Gasteiger partial charge in [0.1, 0.15) is 0 Å². The third kappa shape index (κ3) is 6.55. The second-order valence-electron chi connectivity index (χ2n) is 7.77. The van der Waals surface area contributed by atoms with Crippen molar-refractivity contribution >= 4 is 38.9 Å². The minimum atomic E-state index is -3.99. The van der Waals surface area contributed by atoms with Crippen molar-refractivity contribution in [2.75, 3.05) is 20.3 Å². The second kappa shape index (κ2) is 12.1. The first-order valence-electron chi connectivity index (χ1n) is 11.4. The van der Waals surface area contributed by atoms with E-state index < -0.39 is 10.0 Å². The lowest BCUT2D eigenvalue weighted by molar-refractivity contribution is -0.121. The summed E-state index contributed by atoms with van der Waals surface area (Å²) < 4.78 is 41.1. The normalized spacial score (nSPS) is 16.2. The number of nitrogens with zero attached hydrogens (tertiary/aromatic N) is 2. The molecule has 2 aromatic rings. The van der Waals surface area contributed by atoms with Crippen LogP contribution in [0, 0.1) is 0 Å². The standard InChI is InChI=1S/C26H30N2O5S2/c1-5-8-16-33-23-17-20(11-14-22(23)32-4)18-24-25(29)28(15-6-2)26(34-24)27-35(30,31)21-12-9-19(7-3)10-13-21/h6,9-14,17-18H,2,5,7-8,15-16H2,1,3-4H3. The zero-order chi connectivity index (χ0) is 25.4. The molecule has 7 nitrogen and oxygen atoms in total. The molecule has 2 aromatic carbocycles. The maximum absolute atomic E-state index is 13.1. The highest BCUT2D eigenvalue weighted by atomic mass is 32.2. The van der Waals surface area contributed by atoms with Gasteiger partial charge in [-0.3, -0.25) is 9.69 Å². The second-order valence-corrected chi connectivity index (χ2v) is 10.4. The summed E-state index contributed by atoms with van der Waals surface area (Å²) in [5.41, 5.74) is 1.75. The molecule has 0 radical (unpaired) electrons. The predicted octanol–water partition coefficient (Wildman–Crippen LogP) is 5.28. The van der Waals surface area contributed by atoms with Gasteiger partial charge in [-0.1, -0.05) is 44.5 Å². The zero-order valence-corrected chi connectivity index (χ0v) is 21.8. The molecular weight excluding hydrogens is 484 g/mol. The summed E-state index contributed by atoms with van der Waals surface area (Å²) in [5, 5.41) is 0.0913. The van der Waals surface area contributed by atoms with Gasteiger partial charge in [0.05, 0.1) is 23.5 Å². The van der Waals surface area contributed by atoms with E-state index in [1.54, 1.807) is 37.5 Å². The number of hydrogen-bond donors (Lipinski definition) is 0. The van der Waals surface area contributed by atoms with Gasteiger partial charge >= 0.3 is 0 Å². The average molecular weight is 515 g/mol. The Labute approximate surface area is 211 Å². The predicted molar refractivity (Wildman–Crippen MR) is 141 cm³/mol. The molecule has 0 aliphatic carbocycles. The molecule has 0 unspecified atom stereocenters. The van der Waals surface area contributed by atoms with Gasteiger partial charge in [-0.2, -0.15) is 8.42 Å². The average Bonchev–Trinajstić information content (AvgIpc) is 3.13. The van der Waals surface area contributed by atoms with E-state index in [4.69, 9.17) is 9.47 Å². The van der Waals surface area contributed by atoms with Gasteiger partial charge in [-0.05, 0) is 66.1 Å². The Bertz CT molecular complexity index is 1230. The molecule has 1 heterocycles. The first kappa shape index (κ1) is 26.6. The summed E-state index contributed by atoms with van der Waals surface area (Å²) in [6.45, 7) is 8.46. The molecule has 186 valence electrons. The third-order valence-corrected chi connectivity index (χ3v) is 7.67. The van der Waals surface area contributed by atoms with Crippen molar-refractivity contribution in [2.45, 2.75) is 38.0 Å². The fraction of sp³-hybridized carbons (Fsp3) is 0.308. The number of thioether (sulfide) groups is 1. The van der Waals surface area contributed by atoms with E-state index in [0.29, 0.717) is 23.0 Å². The lowest BCUT2D eigenvalue weighted by atomic mass is 10.2. The number of sulfonamides is 1. The molecule has 0 saturated carbocycles. The van der Waals surface area contributed by atoms with Crippen LogP contribution in [-0.2, 0) is 21.2 Å². The molecule has 0 bridgehead atoms. The molecule has 1 saturated heterocycles. The number of amidine groups is 1. The molecule has 0 spiro atoms. The van der Waals surface area contributed by atoms with Crippen LogP contribution in [0.2, 0.25) is 0 Å². The minimum Gasteiger partial charge on any atom is -0.493 e. The van der Waals surface area contributed by atoms with Crippen molar-refractivity contribution in [3.63, 3.8) is 0 Å². The van der Waals surface area contributed by atoms with E-state index >= 15 is 0 Å². The number of amides is 1. The zero-order valence-electron chi connectivity index (χ0n) is 20.2. The van der Waals surface area contributed by atoms with E-state index in [2.05, 4.69) is 17.9 Å². The van der Waals surface area contributed by atoms with Crippen molar-refractivity contribution in [3.05, 3.63) is 71.2 Å². The van der Waals surface area contributed by atoms with Crippen LogP contribution in [0.25, 0.3) is 6.08 Å². The Kier molecular flexibility index (Phi) is 9.17.